The number of piperidine rings is 1. The molecule has 2 aliphatic heterocycles. The van der Waals surface area contributed by atoms with Crippen LogP contribution < -0.4 is 10.0 Å². The second-order valence-corrected chi connectivity index (χ2v) is 9.33. The summed E-state index contributed by atoms with van der Waals surface area (Å²) in [6, 6.07) is 0. The van der Waals surface area contributed by atoms with Gasteiger partial charge in [-0.15, -0.1) is 0 Å². The van der Waals surface area contributed by atoms with Crippen LogP contribution in [0, 0.1) is 11.8 Å². The van der Waals surface area contributed by atoms with E-state index in [0.717, 1.165) is 51.6 Å². The summed E-state index contributed by atoms with van der Waals surface area (Å²) in [7, 11) is -3.33. The van der Waals surface area contributed by atoms with Crippen molar-refractivity contribution in [1.82, 2.24) is 14.9 Å². The molecule has 3 rings (SSSR count). The van der Waals surface area contributed by atoms with E-state index in [0.29, 0.717) is 32.0 Å². The quantitative estimate of drug-likeness (QED) is 0.770. The zero-order valence-electron chi connectivity index (χ0n) is 13.8. The lowest BCUT2D eigenvalue weighted by molar-refractivity contribution is -0.136. The van der Waals surface area contributed by atoms with Crippen molar-refractivity contribution >= 4 is 15.9 Å². The van der Waals surface area contributed by atoms with Crippen LogP contribution in [0.2, 0.25) is 0 Å². The molecule has 23 heavy (non-hydrogen) atoms. The molecule has 6 nitrogen and oxygen atoms in total. The lowest BCUT2D eigenvalue weighted by atomic mass is 10.0. The molecule has 2 unspecified atom stereocenters. The fourth-order valence-electron chi connectivity index (χ4n) is 4.06. The van der Waals surface area contributed by atoms with Gasteiger partial charge in [0.25, 0.3) is 0 Å². The number of likely N-dealkylation sites (tertiary alicyclic amines) is 1. The van der Waals surface area contributed by atoms with Crippen LogP contribution in [0.1, 0.15) is 44.9 Å². The first-order valence-electron chi connectivity index (χ1n) is 9.04. The SMILES string of the molecule is O=C(C1CCCC1)N1CCCC(S(=O)(=O)NCC2CCNC2)C1. The fourth-order valence-corrected chi connectivity index (χ4v) is 5.62. The van der Waals surface area contributed by atoms with E-state index in [9.17, 15) is 13.2 Å². The number of amides is 1. The normalized spacial score (nSPS) is 30.0. The molecule has 0 radical (unpaired) electrons. The van der Waals surface area contributed by atoms with Gasteiger partial charge in [0.2, 0.25) is 15.9 Å². The van der Waals surface area contributed by atoms with Crippen LogP contribution >= 0.6 is 0 Å². The third-order valence-corrected chi connectivity index (χ3v) is 7.40. The number of nitrogens with zero attached hydrogens (tertiary/aromatic N) is 1. The average Bonchev–Trinajstić information content (AvgIpc) is 3.26. The molecule has 1 saturated carbocycles. The predicted molar refractivity (Wildman–Crippen MR) is 89.5 cm³/mol. The highest BCUT2D eigenvalue weighted by atomic mass is 32.2. The van der Waals surface area contributed by atoms with Crippen LogP contribution in [0.3, 0.4) is 0 Å². The van der Waals surface area contributed by atoms with Gasteiger partial charge in [-0.05, 0) is 51.1 Å². The fraction of sp³-hybridized carbons (Fsp3) is 0.938. The molecule has 0 aromatic heterocycles. The molecule has 1 aliphatic carbocycles. The summed E-state index contributed by atoms with van der Waals surface area (Å²) in [5.74, 6) is 0.709. The zero-order chi connectivity index (χ0) is 16.3. The number of rotatable bonds is 5. The van der Waals surface area contributed by atoms with Gasteiger partial charge in [-0.1, -0.05) is 12.8 Å². The number of carbonyl (C=O) groups is 1. The largest absolute Gasteiger partial charge is 0.341 e. The van der Waals surface area contributed by atoms with Crippen LogP contribution in [0.15, 0.2) is 0 Å². The predicted octanol–water partition coefficient (Wildman–Crippen LogP) is 0.697. The van der Waals surface area contributed by atoms with E-state index < -0.39 is 15.3 Å². The van der Waals surface area contributed by atoms with Crippen molar-refractivity contribution in [1.29, 1.82) is 0 Å². The first-order valence-corrected chi connectivity index (χ1v) is 10.6. The van der Waals surface area contributed by atoms with Crippen LogP contribution in [-0.4, -0.2) is 57.2 Å². The van der Waals surface area contributed by atoms with E-state index in [1.165, 1.54) is 0 Å². The third-order valence-electron chi connectivity index (χ3n) is 5.57. The van der Waals surface area contributed by atoms with Gasteiger partial charge < -0.3 is 10.2 Å². The molecule has 0 bridgehead atoms. The Labute approximate surface area is 139 Å². The molecule has 3 fully saturated rings. The Kier molecular flexibility index (Phi) is 5.59. The van der Waals surface area contributed by atoms with Gasteiger partial charge in [0.05, 0.1) is 5.25 Å². The zero-order valence-corrected chi connectivity index (χ0v) is 14.6. The summed E-state index contributed by atoms with van der Waals surface area (Å²) in [6.45, 7) is 3.46. The number of carbonyl (C=O) groups excluding carboxylic acids is 1. The maximum absolute atomic E-state index is 12.6. The maximum atomic E-state index is 12.6. The Bertz CT molecular complexity index is 511. The summed E-state index contributed by atoms with van der Waals surface area (Å²) in [5, 5.41) is 2.81. The summed E-state index contributed by atoms with van der Waals surface area (Å²) in [5.41, 5.74) is 0. The highest BCUT2D eigenvalue weighted by Gasteiger charge is 2.35. The van der Waals surface area contributed by atoms with Gasteiger partial charge in [0.1, 0.15) is 0 Å². The van der Waals surface area contributed by atoms with Crippen LogP contribution in [-0.2, 0) is 14.8 Å². The number of hydrogen-bond donors (Lipinski definition) is 2. The van der Waals surface area contributed by atoms with E-state index in [2.05, 4.69) is 10.0 Å². The molecule has 132 valence electrons. The summed E-state index contributed by atoms with van der Waals surface area (Å²) < 4.78 is 27.9. The van der Waals surface area contributed by atoms with E-state index in [4.69, 9.17) is 0 Å². The topological polar surface area (TPSA) is 78.5 Å². The summed E-state index contributed by atoms with van der Waals surface area (Å²) in [6.07, 6.45) is 6.67. The molecule has 3 aliphatic rings. The van der Waals surface area contributed by atoms with Crippen molar-refractivity contribution in [2.75, 3.05) is 32.7 Å². The minimum Gasteiger partial charge on any atom is -0.341 e. The van der Waals surface area contributed by atoms with Crippen LogP contribution in [0.4, 0.5) is 0 Å². The molecular formula is C16H29N3O3S. The van der Waals surface area contributed by atoms with Crippen molar-refractivity contribution in [3.05, 3.63) is 0 Å². The lowest BCUT2D eigenvalue weighted by Gasteiger charge is -2.34. The maximum Gasteiger partial charge on any atom is 0.225 e. The van der Waals surface area contributed by atoms with Crippen molar-refractivity contribution < 1.29 is 13.2 Å². The minimum absolute atomic E-state index is 0.133. The van der Waals surface area contributed by atoms with Crippen molar-refractivity contribution in [2.45, 2.75) is 50.2 Å². The average molecular weight is 343 g/mol. The molecule has 2 N–H and O–H groups in total. The van der Waals surface area contributed by atoms with E-state index >= 15 is 0 Å². The molecule has 2 atom stereocenters. The molecule has 7 heteroatoms. The first kappa shape index (κ1) is 17.2. The van der Waals surface area contributed by atoms with Crippen molar-refractivity contribution in [3.63, 3.8) is 0 Å². The molecule has 0 spiro atoms. The second-order valence-electron chi connectivity index (χ2n) is 7.28. The van der Waals surface area contributed by atoms with Gasteiger partial charge in [-0.3, -0.25) is 4.79 Å². The summed E-state index contributed by atoms with van der Waals surface area (Å²) >= 11 is 0. The number of nitrogens with one attached hydrogen (secondary N) is 2. The Morgan fingerprint density at radius 2 is 1.91 bits per heavy atom. The van der Waals surface area contributed by atoms with Gasteiger partial charge in [0.15, 0.2) is 0 Å². The summed E-state index contributed by atoms with van der Waals surface area (Å²) in [4.78, 5) is 14.3. The Morgan fingerprint density at radius 3 is 2.61 bits per heavy atom. The molecule has 0 aromatic carbocycles. The highest BCUT2D eigenvalue weighted by Crippen LogP contribution is 2.28. The Balaban J connectivity index is 1.54. The van der Waals surface area contributed by atoms with Crippen molar-refractivity contribution in [3.8, 4) is 0 Å². The van der Waals surface area contributed by atoms with E-state index in [1.807, 2.05) is 0 Å². The molecule has 0 aromatic rings. The van der Waals surface area contributed by atoms with E-state index in [1.54, 1.807) is 4.90 Å². The third kappa shape index (κ3) is 4.25. The molecule has 1 amide bonds. The van der Waals surface area contributed by atoms with Gasteiger partial charge in [-0.2, -0.15) is 0 Å². The smallest absolute Gasteiger partial charge is 0.225 e. The molecule has 2 saturated heterocycles. The Hall–Kier alpha value is -0.660. The highest BCUT2D eigenvalue weighted by molar-refractivity contribution is 7.90. The standard InChI is InChI=1S/C16H29N3O3S/c20-16(14-4-1-2-5-14)19-9-3-6-15(12-19)23(21,22)18-11-13-7-8-17-10-13/h13-15,17-18H,1-12H2. The number of hydrogen-bond acceptors (Lipinski definition) is 4. The Morgan fingerprint density at radius 1 is 1.13 bits per heavy atom. The van der Waals surface area contributed by atoms with Gasteiger partial charge >= 0.3 is 0 Å². The van der Waals surface area contributed by atoms with Gasteiger partial charge in [0, 0.05) is 25.6 Å². The van der Waals surface area contributed by atoms with E-state index in [-0.39, 0.29) is 11.8 Å². The lowest BCUT2D eigenvalue weighted by Crippen LogP contribution is -2.50. The molecular weight excluding hydrogens is 314 g/mol. The first-order chi connectivity index (χ1) is 11.1. The second kappa shape index (κ2) is 7.49. The molecule has 2 heterocycles. The monoisotopic (exact) mass is 343 g/mol. The van der Waals surface area contributed by atoms with Crippen LogP contribution in [0.5, 0.6) is 0 Å². The van der Waals surface area contributed by atoms with Crippen molar-refractivity contribution in [2.24, 2.45) is 11.8 Å². The number of sulfonamides is 1. The van der Waals surface area contributed by atoms with Crippen LogP contribution in [0.25, 0.3) is 0 Å². The minimum atomic E-state index is -3.33. The van der Waals surface area contributed by atoms with Gasteiger partial charge in [-0.25, -0.2) is 13.1 Å².